The van der Waals surface area contributed by atoms with Crippen LogP contribution < -0.4 is 5.32 Å². The minimum atomic E-state index is -0.534. The molecule has 0 aliphatic rings. The van der Waals surface area contributed by atoms with Crippen molar-refractivity contribution in [3.63, 3.8) is 0 Å². The third-order valence-electron chi connectivity index (χ3n) is 2.73. The van der Waals surface area contributed by atoms with Gasteiger partial charge < -0.3 is 5.32 Å². The fraction of sp³-hybridized carbons (Fsp3) is 0.133. The van der Waals surface area contributed by atoms with Gasteiger partial charge in [0.15, 0.2) is 0 Å². The molecule has 0 aliphatic carbocycles. The molecule has 4 heteroatoms. The van der Waals surface area contributed by atoms with Crippen molar-refractivity contribution in [2.45, 2.75) is 13.0 Å². The summed E-state index contributed by atoms with van der Waals surface area (Å²) in [5, 5.41) is 13.5. The van der Waals surface area contributed by atoms with Crippen LogP contribution in [0.25, 0.3) is 0 Å². The third kappa shape index (κ3) is 3.41. The molecule has 0 saturated carbocycles. The standard InChI is InChI=1S/C15H12Cl2N2/c1-10-3-2-4-12(7-10)19-15(9-18)13-8-11(16)5-6-14(13)17/h2-8,15,19H,1H3. The largest absolute Gasteiger partial charge is 0.366 e. The Labute approximate surface area is 122 Å². The van der Waals surface area contributed by atoms with Crippen molar-refractivity contribution in [1.29, 1.82) is 5.26 Å². The van der Waals surface area contributed by atoms with Gasteiger partial charge in [-0.1, -0.05) is 35.3 Å². The summed E-state index contributed by atoms with van der Waals surface area (Å²) >= 11 is 12.1. The highest BCUT2D eigenvalue weighted by molar-refractivity contribution is 6.33. The van der Waals surface area contributed by atoms with Crippen LogP contribution in [0.4, 0.5) is 5.69 Å². The minimum Gasteiger partial charge on any atom is -0.366 e. The van der Waals surface area contributed by atoms with E-state index in [1.807, 2.05) is 31.2 Å². The lowest BCUT2D eigenvalue weighted by molar-refractivity contribution is 0.997. The van der Waals surface area contributed by atoms with Crippen LogP contribution in [0.3, 0.4) is 0 Å². The van der Waals surface area contributed by atoms with Crippen molar-refractivity contribution < 1.29 is 0 Å². The second kappa shape index (κ2) is 5.97. The Kier molecular flexibility index (Phi) is 4.31. The Morgan fingerprint density at radius 3 is 2.63 bits per heavy atom. The number of anilines is 1. The van der Waals surface area contributed by atoms with Crippen LogP contribution in [0.1, 0.15) is 17.2 Å². The van der Waals surface area contributed by atoms with E-state index >= 15 is 0 Å². The van der Waals surface area contributed by atoms with E-state index in [-0.39, 0.29) is 0 Å². The number of aryl methyl sites for hydroxylation is 1. The van der Waals surface area contributed by atoms with E-state index in [2.05, 4.69) is 11.4 Å². The Morgan fingerprint density at radius 1 is 1.16 bits per heavy atom. The second-order valence-corrected chi connectivity index (χ2v) is 5.09. The van der Waals surface area contributed by atoms with Crippen molar-refractivity contribution in [2.75, 3.05) is 5.32 Å². The molecule has 0 aliphatic heterocycles. The fourth-order valence-corrected chi connectivity index (χ4v) is 2.22. The molecule has 2 aromatic rings. The van der Waals surface area contributed by atoms with Crippen molar-refractivity contribution in [1.82, 2.24) is 0 Å². The zero-order valence-corrected chi connectivity index (χ0v) is 11.8. The van der Waals surface area contributed by atoms with E-state index in [0.29, 0.717) is 15.6 Å². The molecule has 0 saturated heterocycles. The van der Waals surface area contributed by atoms with E-state index in [9.17, 15) is 5.26 Å². The molecule has 0 heterocycles. The third-order valence-corrected chi connectivity index (χ3v) is 3.31. The lowest BCUT2D eigenvalue weighted by Gasteiger charge is -2.15. The van der Waals surface area contributed by atoms with Crippen molar-refractivity contribution in [2.24, 2.45) is 0 Å². The van der Waals surface area contributed by atoms with Crippen molar-refractivity contribution in [3.05, 3.63) is 63.6 Å². The maximum absolute atomic E-state index is 9.31. The Balaban J connectivity index is 2.31. The number of halogens is 2. The summed E-state index contributed by atoms with van der Waals surface area (Å²) in [5.41, 5.74) is 2.68. The number of nitrogens with zero attached hydrogens (tertiary/aromatic N) is 1. The summed E-state index contributed by atoms with van der Waals surface area (Å²) in [6.45, 7) is 2.00. The maximum atomic E-state index is 9.31. The molecule has 0 fully saturated rings. The Morgan fingerprint density at radius 2 is 1.95 bits per heavy atom. The number of hydrogen-bond acceptors (Lipinski definition) is 2. The van der Waals surface area contributed by atoms with Gasteiger partial charge in [0, 0.05) is 21.3 Å². The zero-order chi connectivity index (χ0) is 13.8. The fourth-order valence-electron chi connectivity index (χ4n) is 1.82. The molecular formula is C15H12Cl2N2. The normalized spacial score (nSPS) is 11.7. The van der Waals surface area contributed by atoms with E-state index < -0.39 is 6.04 Å². The SMILES string of the molecule is Cc1cccc(NC(C#N)c2cc(Cl)ccc2Cl)c1. The van der Waals surface area contributed by atoms with E-state index in [4.69, 9.17) is 23.2 Å². The predicted octanol–water partition coefficient (Wildman–Crippen LogP) is 4.98. The highest BCUT2D eigenvalue weighted by atomic mass is 35.5. The molecule has 0 radical (unpaired) electrons. The smallest absolute Gasteiger partial charge is 0.141 e. The molecule has 96 valence electrons. The first-order chi connectivity index (χ1) is 9.10. The van der Waals surface area contributed by atoms with Gasteiger partial charge in [0.1, 0.15) is 6.04 Å². The molecule has 1 unspecified atom stereocenters. The number of nitriles is 1. The quantitative estimate of drug-likeness (QED) is 0.865. The number of hydrogen-bond donors (Lipinski definition) is 1. The topological polar surface area (TPSA) is 35.8 Å². The molecule has 0 bridgehead atoms. The summed E-state index contributed by atoms with van der Waals surface area (Å²) < 4.78 is 0. The van der Waals surface area contributed by atoms with E-state index in [1.165, 1.54) is 0 Å². The van der Waals surface area contributed by atoms with Gasteiger partial charge in [-0.3, -0.25) is 0 Å². The second-order valence-electron chi connectivity index (χ2n) is 4.24. The highest BCUT2D eigenvalue weighted by Crippen LogP contribution is 2.28. The first kappa shape index (κ1) is 13.7. The van der Waals surface area contributed by atoms with Crippen LogP contribution in [-0.4, -0.2) is 0 Å². The van der Waals surface area contributed by atoms with Crippen molar-refractivity contribution >= 4 is 28.9 Å². The lowest BCUT2D eigenvalue weighted by atomic mass is 10.1. The monoisotopic (exact) mass is 290 g/mol. The summed E-state index contributed by atoms with van der Waals surface area (Å²) in [5.74, 6) is 0. The van der Waals surface area contributed by atoms with Crippen LogP contribution in [-0.2, 0) is 0 Å². The summed E-state index contributed by atoms with van der Waals surface area (Å²) in [7, 11) is 0. The van der Waals surface area contributed by atoms with Gasteiger partial charge in [-0.15, -0.1) is 0 Å². The van der Waals surface area contributed by atoms with Crippen LogP contribution in [0.15, 0.2) is 42.5 Å². The van der Waals surface area contributed by atoms with Crippen LogP contribution >= 0.6 is 23.2 Å². The molecule has 19 heavy (non-hydrogen) atoms. The summed E-state index contributed by atoms with van der Waals surface area (Å²) in [6, 6.07) is 14.6. The van der Waals surface area contributed by atoms with Crippen molar-refractivity contribution in [3.8, 4) is 6.07 Å². The van der Waals surface area contributed by atoms with Crippen LogP contribution in [0.2, 0.25) is 10.0 Å². The number of rotatable bonds is 3. The molecule has 2 rings (SSSR count). The number of nitrogens with one attached hydrogen (secondary N) is 1. The summed E-state index contributed by atoms with van der Waals surface area (Å²) in [6.07, 6.45) is 0. The molecule has 2 aromatic carbocycles. The van der Waals surface area contributed by atoms with E-state index in [0.717, 1.165) is 11.3 Å². The molecule has 1 atom stereocenters. The van der Waals surface area contributed by atoms with Gasteiger partial charge in [0.2, 0.25) is 0 Å². The molecule has 2 nitrogen and oxygen atoms in total. The maximum Gasteiger partial charge on any atom is 0.141 e. The first-order valence-electron chi connectivity index (χ1n) is 5.78. The van der Waals surface area contributed by atoms with Gasteiger partial charge in [0.05, 0.1) is 6.07 Å². The molecular weight excluding hydrogens is 279 g/mol. The molecule has 0 aromatic heterocycles. The average molecular weight is 291 g/mol. The average Bonchev–Trinajstić information content (AvgIpc) is 2.39. The van der Waals surface area contributed by atoms with E-state index in [1.54, 1.807) is 18.2 Å². The molecule has 0 spiro atoms. The first-order valence-corrected chi connectivity index (χ1v) is 6.53. The van der Waals surface area contributed by atoms with Gasteiger partial charge in [-0.2, -0.15) is 5.26 Å². The Bertz CT molecular complexity index is 632. The van der Waals surface area contributed by atoms with Crippen LogP contribution in [0, 0.1) is 18.3 Å². The predicted molar refractivity (Wildman–Crippen MR) is 79.6 cm³/mol. The summed E-state index contributed by atoms with van der Waals surface area (Å²) in [4.78, 5) is 0. The van der Waals surface area contributed by atoms with Gasteiger partial charge in [-0.25, -0.2) is 0 Å². The minimum absolute atomic E-state index is 0.524. The lowest BCUT2D eigenvalue weighted by Crippen LogP contribution is -2.09. The van der Waals surface area contributed by atoms with Gasteiger partial charge in [0.25, 0.3) is 0 Å². The highest BCUT2D eigenvalue weighted by Gasteiger charge is 2.14. The number of benzene rings is 2. The molecule has 1 N–H and O–H groups in total. The van der Waals surface area contributed by atoms with Crippen LogP contribution in [0.5, 0.6) is 0 Å². The zero-order valence-electron chi connectivity index (χ0n) is 10.3. The van der Waals surface area contributed by atoms with Gasteiger partial charge in [-0.05, 0) is 42.8 Å². The molecule has 0 amide bonds. The van der Waals surface area contributed by atoms with Gasteiger partial charge >= 0.3 is 0 Å². The Hall–Kier alpha value is -1.69.